The van der Waals surface area contributed by atoms with Crippen LogP contribution in [0, 0.1) is 6.92 Å². The van der Waals surface area contributed by atoms with Crippen LogP contribution in [0.15, 0.2) is 48.5 Å². The first kappa shape index (κ1) is 14.6. The Morgan fingerprint density at radius 1 is 1.10 bits per heavy atom. The van der Waals surface area contributed by atoms with E-state index in [1.807, 2.05) is 13.0 Å². The fourth-order valence-electron chi connectivity index (χ4n) is 2.25. The second kappa shape index (κ2) is 7.11. The Labute approximate surface area is 121 Å². The molecule has 2 aromatic carbocycles. The van der Waals surface area contributed by atoms with Crippen LogP contribution in [0.3, 0.4) is 0 Å². The molecule has 0 saturated carbocycles. The maximum atomic E-state index is 5.98. The van der Waals surface area contributed by atoms with Crippen LogP contribution >= 0.6 is 0 Å². The third-order valence-electron chi connectivity index (χ3n) is 3.37. The minimum Gasteiger partial charge on any atom is -0.493 e. The molecular formula is C18H23NO. The second-order valence-electron chi connectivity index (χ2n) is 5.27. The molecule has 20 heavy (non-hydrogen) atoms. The summed E-state index contributed by atoms with van der Waals surface area (Å²) >= 11 is 0. The summed E-state index contributed by atoms with van der Waals surface area (Å²) in [5.41, 5.74) is 9.61. The number of hydrogen-bond acceptors (Lipinski definition) is 2. The summed E-state index contributed by atoms with van der Waals surface area (Å²) in [7, 11) is 0. The van der Waals surface area contributed by atoms with Gasteiger partial charge in [0.1, 0.15) is 5.75 Å². The van der Waals surface area contributed by atoms with E-state index in [0.29, 0.717) is 0 Å². The summed E-state index contributed by atoms with van der Waals surface area (Å²) < 4.78 is 5.92. The van der Waals surface area contributed by atoms with Gasteiger partial charge >= 0.3 is 0 Å². The lowest BCUT2D eigenvalue weighted by molar-refractivity contribution is 0.306. The molecule has 1 unspecified atom stereocenters. The van der Waals surface area contributed by atoms with Crippen molar-refractivity contribution in [1.82, 2.24) is 0 Å². The Morgan fingerprint density at radius 2 is 1.85 bits per heavy atom. The quantitative estimate of drug-likeness (QED) is 0.804. The molecule has 0 aliphatic carbocycles. The van der Waals surface area contributed by atoms with Crippen LogP contribution in [-0.4, -0.2) is 6.61 Å². The highest BCUT2D eigenvalue weighted by Crippen LogP contribution is 2.25. The Bertz CT molecular complexity index is 534. The predicted octanol–water partition coefficient (Wildman–Crippen LogP) is 4.03. The fourth-order valence-corrected chi connectivity index (χ4v) is 2.25. The van der Waals surface area contributed by atoms with Crippen molar-refractivity contribution in [3.63, 3.8) is 0 Å². The van der Waals surface area contributed by atoms with Crippen LogP contribution in [-0.2, 0) is 6.42 Å². The van der Waals surface area contributed by atoms with Crippen LogP contribution in [0.4, 0.5) is 0 Å². The standard InChI is InChI=1S/C18H23NO/c1-14-10-11-17(15(2)19)18(13-14)20-12-6-9-16-7-4-3-5-8-16/h3-5,7-8,10-11,13,15H,6,9,12,19H2,1-2H3. The highest BCUT2D eigenvalue weighted by molar-refractivity contribution is 5.38. The normalized spacial score (nSPS) is 12.2. The molecule has 2 N–H and O–H groups in total. The molecule has 0 spiro atoms. The second-order valence-corrected chi connectivity index (χ2v) is 5.27. The number of aryl methyl sites for hydroxylation is 2. The number of rotatable bonds is 6. The number of benzene rings is 2. The van der Waals surface area contributed by atoms with Gasteiger partial charge < -0.3 is 10.5 Å². The third-order valence-corrected chi connectivity index (χ3v) is 3.37. The molecule has 0 amide bonds. The Balaban J connectivity index is 1.89. The van der Waals surface area contributed by atoms with Gasteiger partial charge in [0.15, 0.2) is 0 Å². The van der Waals surface area contributed by atoms with E-state index in [-0.39, 0.29) is 6.04 Å². The molecule has 2 nitrogen and oxygen atoms in total. The summed E-state index contributed by atoms with van der Waals surface area (Å²) in [4.78, 5) is 0. The van der Waals surface area contributed by atoms with Crippen molar-refractivity contribution in [1.29, 1.82) is 0 Å². The van der Waals surface area contributed by atoms with Crippen molar-refractivity contribution < 1.29 is 4.74 Å². The molecular weight excluding hydrogens is 246 g/mol. The van der Waals surface area contributed by atoms with Gasteiger partial charge in [-0.1, -0.05) is 42.5 Å². The van der Waals surface area contributed by atoms with Crippen molar-refractivity contribution >= 4 is 0 Å². The van der Waals surface area contributed by atoms with Gasteiger partial charge in [0.05, 0.1) is 6.61 Å². The van der Waals surface area contributed by atoms with Gasteiger partial charge in [-0.05, 0) is 43.9 Å². The molecule has 0 aliphatic heterocycles. The lowest BCUT2D eigenvalue weighted by Crippen LogP contribution is -2.09. The summed E-state index contributed by atoms with van der Waals surface area (Å²) in [6.45, 7) is 4.78. The molecule has 106 valence electrons. The smallest absolute Gasteiger partial charge is 0.124 e. The minimum atomic E-state index is -0.000256. The van der Waals surface area contributed by atoms with E-state index >= 15 is 0 Å². The van der Waals surface area contributed by atoms with Crippen LogP contribution in [0.1, 0.15) is 36.1 Å². The molecule has 2 heteroatoms. The van der Waals surface area contributed by atoms with Gasteiger partial charge in [0, 0.05) is 11.6 Å². The summed E-state index contributed by atoms with van der Waals surface area (Å²) in [5, 5.41) is 0. The summed E-state index contributed by atoms with van der Waals surface area (Å²) in [6, 6.07) is 16.7. The van der Waals surface area contributed by atoms with Gasteiger partial charge in [-0.2, -0.15) is 0 Å². The number of hydrogen-bond donors (Lipinski definition) is 1. The van der Waals surface area contributed by atoms with Crippen molar-refractivity contribution in [3.05, 3.63) is 65.2 Å². The van der Waals surface area contributed by atoms with Gasteiger partial charge in [0.2, 0.25) is 0 Å². The molecule has 0 aliphatic rings. The van der Waals surface area contributed by atoms with Crippen LogP contribution in [0.5, 0.6) is 5.75 Å². The van der Waals surface area contributed by atoms with E-state index in [0.717, 1.165) is 30.8 Å². The maximum absolute atomic E-state index is 5.98. The van der Waals surface area contributed by atoms with Gasteiger partial charge in [-0.25, -0.2) is 0 Å². The first-order chi connectivity index (χ1) is 9.66. The molecule has 2 rings (SSSR count). The zero-order chi connectivity index (χ0) is 14.4. The van der Waals surface area contributed by atoms with Gasteiger partial charge in [-0.3, -0.25) is 0 Å². The van der Waals surface area contributed by atoms with E-state index in [1.165, 1.54) is 11.1 Å². The van der Waals surface area contributed by atoms with E-state index in [4.69, 9.17) is 10.5 Å². The Kier molecular flexibility index (Phi) is 5.19. The SMILES string of the molecule is Cc1ccc(C(C)N)c(OCCCc2ccccc2)c1. The van der Waals surface area contributed by atoms with Crippen molar-refractivity contribution in [2.45, 2.75) is 32.7 Å². The van der Waals surface area contributed by atoms with E-state index in [2.05, 4.69) is 49.4 Å². The number of ether oxygens (including phenoxy) is 1. The Hall–Kier alpha value is -1.80. The van der Waals surface area contributed by atoms with E-state index in [9.17, 15) is 0 Å². The molecule has 0 heterocycles. The molecule has 0 radical (unpaired) electrons. The van der Waals surface area contributed by atoms with Crippen LogP contribution in [0.2, 0.25) is 0 Å². The molecule has 0 fully saturated rings. The van der Waals surface area contributed by atoms with Crippen molar-refractivity contribution in [3.8, 4) is 5.75 Å². The molecule has 1 atom stereocenters. The van der Waals surface area contributed by atoms with Crippen LogP contribution < -0.4 is 10.5 Å². The predicted molar refractivity (Wildman–Crippen MR) is 84.0 cm³/mol. The monoisotopic (exact) mass is 269 g/mol. The summed E-state index contributed by atoms with van der Waals surface area (Å²) in [6.07, 6.45) is 2.05. The number of nitrogens with two attached hydrogens (primary N) is 1. The molecule has 0 saturated heterocycles. The van der Waals surface area contributed by atoms with E-state index in [1.54, 1.807) is 0 Å². The zero-order valence-corrected chi connectivity index (χ0v) is 12.3. The minimum absolute atomic E-state index is 0.000256. The lowest BCUT2D eigenvalue weighted by atomic mass is 10.1. The average molecular weight is 269 g/mol. The fraction of sp³-hybridized carbons (Fsp3) is 0.333. The molecule has 0 bridgehead atoms. The highest BCUT2D eigenvalue weighted by Gasteiger charge is 2.08. The van der Waals surface area contributed by atoms with Crippen molar-refractivity contribution in [2.75, 3.05) is 6.61 Å². The molecule has 2 aromatic rings. The maximum Gasteiger partial charge on any atom is 0.124 e. The first-order valence-electron chi connectivity index (χ1n) is 7.19. The Morgan fingerprint density at radius 3 is 2.55 bits per heavy atom. The first-order valence-corrected chi connectivity index (χ1v) is 7.19. The largest absolute Gasteiger partial charge is 0.493 e. The highest BCUT2D eigenvalue weighted by atomic mass is 16.5. The third kappa shape index (κ3) is 4.10. The lowest BCUT2D eigenvalue weighted by Gasteiger charge is -2.14. The van der Waals surface area contributed by atoms with E-state index < -0.39 is 0 Å². The topological polar surface area (TPSA) is 35.2 Å². The zero-order valence-electron chi connectivity index (χ0n) is 12.3. The van der Waals surface area contributed by atoms with Gasteiger partial charge in [0.25, 0.3) is 0 Å². The van der Waals surface area contributed by atoms with Crippen LogP contribution in [0.25, 0.3) is 0 Å². The summed E-state index contributed by atoms with van der Waals surface area (Å²) in [5.74, 6) is 0.924. The van der Waals surface area contributed by atoms with Crippen molar-refractivity contribution in [2.24, 2.45) is 5.73 Å². The van der Waals surface area contributed by atoms with Gasteiger partial charge in [-0.15, -0.1) is 0 Å². The molecule has 0 aromatic heterocycles. The average Bonchev–Trinajstić information content (AvgIpc) is 2.44.